The van der Waals surface area contributed by atoms with Crippen LogP contribution in [0, 0.1) is 10.1 Å². The number of fused-ring (bicyclic) bond motifs is 1. The van der Waals surface area contributed by atoms with Crippen molar-refractivity contribution < 1.29 is 37.5 Å². The van der Waals surface area contributed by atoms with Gasteiger partial charge in [-0.25, -0.2) is 0 Å². The van der Waals surface area contributed by atoms with Gasteiger partial charge >= 0.3 is 13.6 Å². The highest BCUT2D eigenvalue weighted by atomic mass is 31.2. The topological polar surface area (TPSA) is 123 Å². The molecule has 0 amide bonds. The molecule has 11 heteroatoms. The van der Waals surface area contributed by atoms with Gasteiger partial charge in [0.1, 0.15) is 5.60 Å². The Labute approximate surface area is 175 Å². The molecular formula is C19H28NO9P. The van der Waals surface area contributed by atoms with Gasteiger partial charge in [-0.3, -0.25) is 19.5 Å². The van der Waals surface area contributed by atoms with Gasteiger partial charge in [-0.15, -0.1) is 0 Å². The molecule has 1 aromatic rings. The number of benzene rings is 1. The minimum Gasteiger partial charge on any atom is -0.459 e. The fourth-order valence-electron chi connectivity index (χ4n) is 3.13. The Morgan fingerprint density at radius 1 is 1.20 bits per heavy atom. The van der Waals surface area contributed by atoms with E-state index in [4.69, 9.17) is 23.3 Å². The molecule has 10 nitrogen and oxygen atoms in total. The van der Waals surface area contributed by atoms with E-state index in [1.54, 1.807) is 46.8 Å². The van der Waals surface area contributed by atoms with Gasteiger partial charge in [0, 0.05) is 4.92 Å². The van der Waals surface area contributed by atoms with Crippen molar-refractivity contribution >= 4 is 13.6 Å². The second-order valence-corrected chi connectivity index (χ2v) is 9.74. The Bertz CT molecular complexity index is 811. The van der Waals surface area contributed by atoms with Gasteiger partial charge in [-0.1, -0.05) is 6.07 Å². The summed E-state index contributed by atoms with van der Waals surface area (Å²) in [6.45, 7) is 7.46. The smallest absolute Gasteiger partial charge is 0.345 e. The van der Waals surface area contributed by atoms with Crippen molar-refractivity contribution in [3.63, 3.8) is 0 Å². The van der Waals surface area contributed by atoms with Gasteiger partial charge < -0.3 is 23.3 Å². The molecule has 0 radical (unpaired) electrons. The van der Waals surface area contributed by atoms with E-state index in [2.05, 4.69) is 0 Å². The van der Waals surface area contributed by atoms with Crippen LogP contribution in [0.4, 0.5) is 0 Å². The third-order valence-electron chi connectivity index (χ3n) is 4.16. The van der Waals surface area contributed by atoms with E-state index in [0.29, 0.717) is 17.1 Å². The molecule has 0 bridgehead atoms. The molecule has 2 rings (SSSR count). The molecule has 1 aliphatic heterocycles. The number of nitrogens with zero attached hydrogens (tertiary/aromatic N) is 1. The van der Waals surface area contributed by atoms with Crippen LogP contribution in [0.5, 0.6) is 11.5 Å². The van der Waals surface area contributed by atoms with Gasteiger partial charge in [0.2, 0.25) is 13.3 Å². The first-order chi connectivity index (χ1) is 14.0. The Balaban J connectivity index is 2.60. The maximum Gasteiger partial charge on any atom is 0.345 e. The first-order valence-corrected chi connectivity index (χ1v) is 11.2. The van der Waals surface area contributed by atoms with Gasteiger partial charge in [0.15, 0.2) is 17.2 Å². The molecule has 0 aromatic heterocycles. The Hall–Kier alpha value is -2.16. The Morgan fingerprint density at radius 3 is 2.33 bits per heavy atom. The summed E-state index contributed by atoms with van der Waals surface area (Å²) >= 11 is 0. The van der Waals surface area contributed by atoms with Crippen molar-refractivity contribution in [3.8, 4) is 11.5 Å². The fraction of sp³-hybridized carbons (Fsp3) is 0.632. The van der Waals surface area contributed by atoms with Crippen LogP contribution >= 0.6 is 7.60 Å². The molecule has 2 atom stereocenters. The number of carbonyl (C=O) groups is 1. The summed E-state index contributed by atoms with van der Waals surface area (Å²) in [5.41, 5.74) is -2.08. The van der Waals surface area contributed by atoms with E-state index in [1.807, 2.05) is 0 Å². The molecule has 0 saturated heterocycles. The molecular weight excluding hydrogens is 417 g/mol. The largest absolute Gasteiger partial charge is 0.459 e. The van der Waals surface area contributed by atoms with E-state index in [1.165, 1.54) is 6.07 Å². The lowest BCUT2D eigenvalue weighted by Crippen LogP contribution is -2.39. The van der Waals surface area contributed by atoms with Crippen LogP contribution in [0.15, 0.2) is 18.2 Å². The van der Waals surface area contributed by atoms with Crippen LogP contribution < -0.4 is 9.47 Å². The molecule has 1 aliphatic rings. The van der Waals surface area contributed by atoms with Crippen LogP contribution in [-0.4, -0.2) is 48.7 Å². The minimum absolute atomic E-state index is 0.0110. The van der Waals surface area contributed by atoms with Crippen LogP contribution in [0.3, 0.4) is 0 Å². The fourth-order valence-corrected chi connectivity index (χ4v) is 5.26. The number of carbonyl (C=O) groups excluding carboxylic acids is 1. The van der Waals surface area contributed by atoms with Gasteiger partial charge in [0.25, 0.3) is 0 Å². The normalized spacial score (nSPS) is 15.5. The summed E-state index contributed by atoms with van der Waals surface area (Å²) < 4.78 is 40.5. The third-order valence-corrected chi connectivity index (χ3v) is 6.65. The number of ether oxygens (including phenoxy) is 3. The number of hydrogen-bond donors (Lipinski definition) is 0. The van der Waals surface area contributed by atoms with Crippen molar-refractivity contribution in [3.05, 3.63) is 33.9 Å². The summed E-state index contributed by atoms with van der Waals surface area (Å²) in [4.78, 5) is 24.1. The van der Waals surface area contributed by atoms with Crippen molar-refractivity contribution in [2.24, 2.45) is 0 Å². The second-order valence-electron chi connectivity index (χ2n) is 7.59. The van der Waals surface area contributed by atoms with Crippen LogP contribution in [0.2, 0.25) is 0 Å². The van der Waals surface area contributed by atoms with Crippen molar-refractivity contribution in [1.29, 1.82) is 0 Å². The van der Waals surface area contributed by atoms with Crippen LogP contribution in [-0.2, 0) is 23.1 Å². The van der Waals surface area contributed by atoms with Crippen molar-refractivity contribution in [1.82, 2.24) is 0 Å². The van der Waals surface area contributed by atoms with E-state index in [9.17, 15) is 19.5 Å². The molecule has 1 aromatic carbocycles. The maximum absolute atomic E-state index is 13.6. The molecule has 1 heterocycles. The first-order valence-electron chi connectivity index (χ1n) is 9.63. The summed E-state index contributed by atoms with van der Waals surface area (Å²) in [6.07, 6.45) is 0. The summed E-state index contributed by atoms with van der Waals surface area (Å²) in [7, 11) is -4.12. The van der Waals surface area contributed by atoms with E-state index in [-0.39, 0.29) is 20.0 Å². The van der Waals surface area contributed by atoms with E-state index in [0.717, 1.165) is 0 Å². The molecule has 0 N–H and O–H groups in total. The van der Waals surface area contributed by atoms with E-state index < -0.39 is 42.2 Å². The number of nitro groups is 1. The number of rotatable bonds is 10. The predicted octanol–water partition coefficient (Wildman–Crippen LogP) is 3.75. The van der Waals surface area contributed by atoms with Gasteiger partial charge in [0.05, 0.1) is 19.1 Å². The lowest BCUT2D eigenvalue weighted by atomic mass is 9.94. The lowest BCUT2D eigenvalue weighted by Gasteiger charge is -2.31. The Kier molecular flexibility index (Phi) is 7.85. The zero-order chi connectivity index (χ0) is 22.5. The maximum atomic E-state index is 13.6. The van der Waals surface area contributed by atoms with Gasteiger partial charge in [-0.05, 0) is 52.3 Å². The predicted molar refractivity (Wildman–Crippen MR) is 108 cm³/mol. The van der Waals surface area contributed by atoms with Gasteiger partial charge in [-0.2, -0.15) is 0 Å². The van der Waals surface area contributed by atoms with E-state index >= 15 is 0 Å². The second kappa shape index (κ2) is 9.76. The molecule has 0 saturated carbocycles. The highest BCUT2D eigenvalue weighted by molar-refractivity contribution is 7.55. The van der Waals surface area contributed by atoms with Crippen molar-refractivity contribution in [2.45, 2.75) is 51.8 Å². The molecule has 0 fully saturated rings. The van der Waals surface area contributed by atoms with Crippen LogP contribution in [0.1, 0.15) is 46.1 Å². The summed E-state index contributed by atoms with van der Waals surface area (Å²) in [5.74, 6) is -1.18. The number of hydrogen-bond acceptors (Lipinski definition) is 9. The zero-order valence-electron chi connectivity index (χ0n) is 17.8. The summed E-state index contributed by atoms with van der Waals surface area (Å²) in [5, 5.41) is 11.5. The van der Waals surface area contributed by atoms with Crippen molar-refractivity contribution in [2.75, 3.05) is 26.6 Å². The summed E-state index contributed by atoms with van der Waals surface area (Å²) in [6, 6.07) is 4.69. The third kappa shape index (κ3) is 5.93. The monoisotopic (exact) mass is 445 g/mol. The molecule has 168 valence electrons. The highest BCUT2D eigenvalue weighted by Gasteiger charge is 2.51. The quantitative estimate of drug-likeness (QED) is 0.229. The number of esters is 1. The molecule has 0 unspecified atom stereocenters. The first kappa shape index (κ1) is 24.1. The lowest BCUT2D eigenvalue weighted by molar-refractivity contribution is -0.483. The van der Waals surface area contributed by atoms with Crippen LogP contribution in [0.25, 0.3) is 0 Å². The molecule has 0 spiro atoms. The standard InChI is InChI=1S/C19H28NO9P/c1-6-27-30(24,28-7-2)17(18(21)29-19(3,4)5)14(11-20(22)23)13-8-9-15-16(10-13)26-12-25-15/h8-10,14,17H,6-7,11-12H2,1-5H3/t14-,17+/m0/s1. The molecule has 30 heavy (non-hydrogen) atoms. The highest BCUT2D eigenvalue weighted by Crippen LogP contribution is 2.58. The molecule has 0 aliphatic carbocycles. The zero-order valence-corrected chi connectivity index (χ0v) is 18.7. The Morgan fingerprint density at radius 2 is 1.80 bits per heavy atom. The minimum atomic E-state index is -4.12. The average molecular weight is 445 g/mol. The average Bonchev–Trinajstić information content (AvgIpc) is 3.07. The SMILES string of the molecule is CCOP(=O)(OCC)[C@@H](C(=O)OC(C)(C)C)[C@@H](C[N+](=O)[O-])c1ccc2c(c1)OCO2.